The first-order chi connectivity index (χ1) is 6.65. The molecule has 0 aromatic heterocycles. The molecule has 14 heavy (non-hydrogen) atoms. The van der Waals surface area contributed by atoms with Gasteiger partial charge in [0.25, 0.3) is 0 Å². The summed E-state index contributed by atoms with van der Waals surface area (Å²) in [5.74, 6) is -2.33. The van der Waals surface area contributed by atoms with Gasteiger partial charge in [0.2, 0.25) is 0 Å². The molecule has 0 heterocycles. The highest BCUT2D eigenvalue weighted by atomic mass is 19.2. The number of benzene rings is 1. The first kappa shape index (κ1) is 10.6. The van der Waals surface area contributed by atoms with E-state index >= 15 is 0 Å². The van der Waals surface area contributed by atoms with Gasteiger partial charge in [-0.1, -0.05) is 0 Å². The van der Waals surface area contributed by atoms with Crippen molar-refractivity contribution in [3.8, 4) is 0 Å². The van der Waals surface area contributed by atoms with Crippen molar-refractivity contribution in [2.45, 2.75) is 12.8 Å². The van der Waals surface area contributed by atoms with Gasteiger partial charge < -0.3 is 4.74 Å². The van der Waals surface area contributed by atoms with Crippen LogP contribution < -0.4 is 0 Å². The van der Waals surface area contributed by atoms with Crippen LogP contribution in [0, 0.1) is 17.7 Å². The second kappa shape index (κ2) is 4.69. The van der Waals surface area contributed by atoms with Crippen molar-refractivity contribution in [2.75, 3.05) is 7.11 Å². The fourth-order valence-corrected chi connectivity index (χ4v) is 1.02. The zero-order valence-electron chi connectivity index (χ0n) is 7.64. The Hall–Kier alpha value is -1.45. The van der Waals surface area contributed by atoms with Crippen molar-refractivity contribution in [3.05, 3.63) is 35.4 Å². The highest BCUT2D eigenvalue weighted by molar-refractivity contribution is 5.69. The first-order valence-corrected chi connectivity index (χ1v) is 4.06. The largest absolute Gasteiger partial charge is 0.469 e. The molecule has 0 N–H and O–H groups in total. The van der Waals surface area contributed by atoms with Crippen LogP contribution in [0.5, 0.6) is 0 Å². The molecule has 0 saturated heterocycles. The number of aryl methyl sites for hydroxylation is 1. The average molecular weight is 199 g/mol. The quantitative estimate of drug-likeness (QED) is 0.694. The SMILES string of the molecule is COC(=O)CCc1c[c]cc(F)c1F. The maximum absolute atomic E-state index is 13.0. The summed E-state index contributed by atoms with van der Waals surface area (Å²) in [6, 6.07) is 4.68. The highest BCUT2D eigenvalue weighted by Crippen LogP contribution is 2.12. The molecule has 2 nitrogen and oxygen atoms in total. The predicted molar refractivity (Wildman–Crippen MR) is 45.5 cm³/mol. The zero-order chi connectivity index (χ0) is 10.6. The predicted octanol–water partition coefficient (Wildman–Crippen LogP) is 1.87. The van der Waals surface area contributed by atoms with Crippen LogP contribution in [0.1, 0.15) is 12.0 Å². The molecule has 1 radical (unpaired) electrons. The van der Waals surface area contributed by atoms with Crippen molar-refractivity contribution < 1.29 is 18.3 Å². The van der Waals surface area contributed by atoms with Crippen LogP contribution in [-0.4, -0.2) is 13.1 Å². The van der Waals surface area contributed by atoms with E-state index in [0.717, 1.165) is 6.07 Å². The third kappa shape index (κ3) is 2.52. The summed E-state index contributed by atoms with van der Waals surface area (Å²) in [6.45, 7) is 0. The Balaban J connectivity index is 2.68. The van der Waals surface area contributed by atoms with E-state index in [1.165, 1.54) is 13.2 Å². The number of methoxy groups -OCH3 is 1. The minimum Gasteiger partial charge on any atom is -0.469 e. The van der Waals surface area contributed by atoms with E-state index in [4.69, 9.17) is 0 Å². The summed E-state index contributed by atoms with van der Waals surface area (Å²) in [7, 11) is 1.25. The smallest absolute Gasteiger partial charge is 0.305 e. The van der Waals surface area contributed by atoms with Gasteiger partial charge >= 0.3 is 5.97 Å². The minimum atomic E-state index is -0.952. The number of ether oxygens (including phenoxy) is 1. The van der Waals surface area contributed by atoms with Crippen molar-refractivity contribution in [2.24, 2.45) is 0 Å². The molecule has 4 heteroatoms. The van der Waals surface area contributed by atoms with Crippen LogP contribution in [0.2, 0.25) is 0 Å². The Bertz CT molecular complexity index is 337. The van der Waals surface area contributed by atoms with E-state index in [-0.39, 0.29) is 18.4 Å². The fourth-order valence-electron chi connectivity index (χ4n) is 1.02. The molecule has 0 amide bonds. The van der Waals surface area contributed by atoms with Crippen LogP contribution in [0.4, 0.5) is 8.78 Å². The summed E-state index contributed by atoms with van der Waals surface area (Å²) in [6.07, 6.45) is 0.150. The highest BCUT2D eigenvalue weighted by Gasteiger charge is 2.09. The third-order valence-corrected chi connectivity index (χ3v) is 1.79. The van der Waals surface area contributed by atoms with Crippen molar-refractivity contribution >= 4 is 5.97 Å². The van der Waals surface area contributed by atoms with Gasteiger partial charge in [-0.25, -0.2) is 8.78 Å². The van der Waals surface area contributed by atoms with Gasteiger partial charge in [-0.2, -0.15) is 0 Å². The lowest BCUT2D eigenvalue weighted by Crippen LogP contribution is -2.03. The molecule has 1 aromatic carbocycles. The molecular weight excluding hydrogens is 190 g/mol. The number of hydrogen-bond donors (Lipinski definition) is 0. The molecule has 0 spiro atoms. The number of hydrogen-bond acceptors (Lipinski definition) is 2. The lowest BCUT2D eigenvalue weighted by molar-refractivity contribution is -0.140. The van der Waals surface area contributed by atoms with Gasteiger partial charge in [-0.15, -0.1) is 0 Å². The molecule has 0 unspecified atom stereocenters. The molecule has 0 aliphatic heterocycles. The number of esters is 1. The van der Waals surface area contributed by atoms with E-state index < -0.39 is 17.6 Å². The summed E-state index contributed by atoms with van der Waals surface area (Å²) in [5, 5.41) is 0. The van der Waals surface area contributed by atoms with E-state index in [2.05, 4.69) is 10.8 Å². The average Bonchev–Trinajstić information content (AvgIpc) is 2.20. The first-order valence-electron chi connectivity index (χ1n) is 4.06. The molecule has 1 rings (SSSR count). The Kier molecular flexibility index (Phi) is 3.56. The van der Waals surface area contributed by atoms with E-state index in [9.17, 15) is 13.6 Å². The zero-order valence-corrected chi connectivity index (χ0v) is 7.64. The number of carbonyl (C=O) groups excluding carboxylic acids is 1. The van der Waals surface area contributed by atoms with Gasteiger partial charge in [-0.3, -0.25) is 4.79 Å². The molecular formula is C10H9F2O2. The van der Waals surface area contributed by atoms with Crippen LogP contribution in [0.15, 0.2) is 12.1 Å². The van der Waals surface area contributed by atoms with Crippen LogP contribution in [0.3, 0.4) is 0 Å². The molecule has 0 aliphatic carbocycles. The molecule has 0 atom stereocenters. The Morgan fingerprint density at radius 3 is 2.86 bits per heavy atom. The lowest BCUT2D eigenvalue weighted by atomic mass is 10.1. The molecule has 0 bridgehead atoms. The summed E-state index contributed by atoms with van der Waals surface area (Å²) < 4.78 is 30.0. The second-order valence-corrected chi connectivity index (χ2v) is 2.72. The van der Waals surface area contributed by atoms with Crippen molar-refractivity contribution in [3.63, 3.8) is 0 Å². The van der Waals surface area contributed by atoms with Gasteiger partial charge in [0.15, 0.2) is 11.6 Å². The van der Waals surface area contributed by atoms with Crippen molar-refractivity contribution in [1.82, 2.24) is 0 Å². The van der Waals surface area contributed by atoms with Gasteiger partial charge in [0.1, 0.15) is 0 Å². The third-order valence-electron chi connectivity index (χ3n) is 1.79. The van der Waals surface area contributed by atoms with E-state index in [0.29, 0.717) is 0 Å². The molecule has 75 valence electrons. The number of rotatable bonds is 3. The molecule has 0 aliphatic rings. The van der Waals surface area contributed by atoms with Crippen LogP contribution >= 0.6 is 0 Å². The standard InChI is InChI=1S/C10H9F2O2/c1-14-9(13)6-5-7-3-2-4-8(11)10(7)12/h3-4H,5-6H2,1H3. The maximum Gasteiger partial charge on any atom is 0.305 e. The van der Waals surface area contributed by atoms with Gasteiger partial charge in [0.05, 0.1) is 7.11 Å². The molecule has 0 saturated carbocycles. The Morgan fingerprint density at radius 1 is 1.50 bits per heavy atom. The molecule has 0 fully saturated rings. The van der Waals surface area contributed by atoms with E-state index in [1.54, 1.807) is 0 Å². The van der Waals surface area contributed by atoms with Crippen molar-refractivity contribution in [1.29, 1.82) is 0 Å². The molecule has 1 aromatic rings. The Labute approximate surface area is 80.5 Å². The minimum absolute atomic E-state index is 0.0325. The van der Waals surface area contributed by atoms with Crippen LogP contribution in [-0.2, 0) is 16.0 Å². The fraction of sp³-hybridized carbons (Fsp3) is 0.300. The summed E-state index contributed by atoms with van der Waals surface area (Å²) >= 11 is 0. The number of carbonyl (C=O) groups is 1. The normalized spacial score (nSPS) is 9.93. The lowest BCUT2D eigenvalue weighted by Gasteiger charge is -2.02. The van der Waals surface area contributed by atoms with Gasteiger partial charge in [-0.05, 0) is 30.2 Å². The number of halogens is 2. The topological polar surface area (TPSA) is 26.3 Å². The van der Waals surface area contributed by atoms with Crippen LogP contribution in [0.25, 0.3) is 0 Å². The summed E-state index contributed by atoms with van der Waals surface area (Å²) in [4.78, 5) is 10.7. The van der Waals surface area contributed by atoms with E-state index in [1.807, 2.05) is 0 Å². The summed E-state index contributed by atoms with van der Waals surface area (Å²) in [5.41, 5.74) is 0.135. The monoisotopic (exact) mass is 199 g/mol. The van der Waals surface area contributed by atoms with Gasteiger partial charge in [0, 0.05) is 6.42 Å². The Morgan fingerprint density at radius 2 is 2.21 bits per heavy atom. The maximum atomic E-state index is 13.0. The second-order valence-electron chi connectivity index (χ2n) is 2.72.